The third-order valence-corrected chi connectivity index (χ3v) is 3.86. The van der Waals surface area contributed by atoms with E-state index in [4.69, 9.17) is 5.11 Å². The van der Waals surface area contributed by atoms with E-state index in [-0.39, 0.29) is 11.4 Å². The predicted octanol–water partition coefficient (Wildman–Crippen LogP) is 2.42. The van der Waals surface area contributed by atoms with Gasteiger partial charge in [-0.15, -0.1) is 0 Å². The first-order valence-electron chi connectivity index (χ1n) is 7.22. The molecule has 1 atom stereocenters. The van der Waals surface area contributed by atoms with Crippen molar-refractivity contribution >= 4 is 11.9 Å². The SMILES string of the molecule is O=C(O)c1cnc(C(=O)NC(C2CCCCC2)C(F)(F)F)cn1. The minimum absolute atomic E-state index is 0.347. The summed E-state index contributed by atoms with van der Waals surface area (Å²) in [6.07, 6.45) is 0.277. The summed E-state index contributed by atoms with van der Waals surface area (Å²) in [5, 5.41) is 10.7. The van der Waals surface area contributed by atoms with E-state index in [0.717, 1.165) is 18.8 Å². The zero-order valence-corrected chi connectivity index (χ0v) is 12.1. The number of carboxylic acid groups (broad SMARTS) is 1. The number of amides is 1. The fraction of sp³-hybridized carbons (Fsp3) is 0.571. The van der Waals surface area contributed by atoms with Crippen molar-refractivity contribution in [1.29, 1.82) is 0 Å². The molecule has 1 aliphatic carbocycles. The molecule has 1 aromatic heterocycles. The minimum Gasteiger partial charge on any atom is -0.476 e. The number of carboxylic acids is 1. The van der Waals surface area contributed by atoms with Crippen molar-refractivity contribution in [2.75, 3.05) is 0 Å². The molecular formula is C14H16F3N3O3. The number of hydrogen-bond donors (Lipinski definition) is 2. The molecule has 0 aliphatic heterocycles. The van der Waals surface area contributed by atoms with Crippen LogP contribution in [0.3, 0.4) is 0 Å². The van der Waals surface area contributed by atoms with Gasteiger partial charge in [0.25, 0.3) is 5.91 Å². The van der Waals surface area contributed by atoms with E-state index >= 15 is 0 Å². The lowest BCUT2D eigenvalue weighted by Gasteiger charge is -2.32. The van der Waals surface area contributed by atoms with Crippen molar-refractivity contribution in [3.05, 3.63) is 23.8 Å². The Balaban J connectivity index is 2.11. The summed E-state index contributed by atoms with van der Waals surface area (Å²) in [5.74, 6) is -3.00. The van der Waals surface area contributed by atoms with Gasteiger partial charge in [0.2, 0.25) is 0 Å². The van der Waals surface area contributed by atoms with Gasteiger partial charge in [-0.2, -0.15) is 13.2 Å². The van der Waals surface area contributed by atoms with E-state index < -0.39 is 30.0 Å². The van der Waals surface area contributed by atoms with Crippen molar-refractivity contribution < 1.29 is 27.9 Å². The molecule has 1 heterocycles. The molecule has 9 heteroatoms. The Morgan fingerprint density at radius 3 is 2.17 bits per heavy atom. The zero-order chi connectivity index (χ0) is 17.0. The number of alkyl halides is 3. The molecule has 0 radical (unpaired) electrons. The summed E-state index contributed by atoms with van der Waals surface area (Å²) in [6, 6.07) is -1.93. The first-order valence-corrected chi connectivity index (χ1v) is 7.22. The summed E-state index contributed by atoms with van der Waals surface area (Å²) >= 11 is 0. The molecule has 2 N–H and O–H groups in total. The summed E-state index contributed by atoms with van der Waals surface area (Å²) in [7, 11) is 0. The van der Waals surface area contributed by atoms with Crippen LogP contribution in [0.25, 0.3) is 0 Å². The number of nitrogens with one attached hydrogen (secondary N) is 1. The smallest absolute Gasteiger partial charge is 0.408 e. The Labute approximate surface area is 130 Å². The molecular weight excluding hydrogens is 315 g/mol. The highest BCUT2D eigenvalue weighted by Gasteiger charge is 2.45. The second-order valence-corrected chi connectivity index (χ2v) is 5.48. The summed E-state index contributed by atoms with van der Waals surface area (Å²) in [6.45, 7) is 0. The number of carbonyl (C=O) groups is 2. The number of aromatic carboxylic acids is 1. The van der Waals surface area contributed by atoms with Crippen LogP contribution in [0.15, 0.2) is 12.4 Å². The van der Waals surface area contributed by atoms with Crippen molar-refractivity contribution in [1.82, 2.24) is 15.3 Å². The Morgan fingerprint density at radius 1 is 1.13 bits per heavy atom. The van der Waals surface area contributed by atoms with Gasteiger partial charge in [-0.1, -0.05) is 19.3 Å². The van der Waals surface area contributed by atoms with Crippen LogP contribution in [0.4, 0.5) is 13.2 Å². The van der Waals surface area contributed by atoms with Gasteiger partial charge >= 0.3 is 12.1 Å². The molecule has 0 aromatic carbocycles. The quantitative estimate of drug-likeness (QED) is 0.884. The highest BCUT2D eigenvalue weighted by Crippen LogP contribution is 2.34. The standard InChI is InChI=1S/C14H16F3N3O3/c15-14(16,17)11(8-4-2-1-3-5-8)20-12(21)9-6-19-10(7-18-9)13(22)23/h6-8,11H,1-5H2,(H,20,21)(H,22,23). The van der Waals surface area contributed by atoms with Gasteiger partial charge in [-0.05, 0) is 18.8 Å². The maximum absolute atomic E-state index is 13.2. The molecule has 0 saturated heterocycles. The largest absolute Gasteiger partial charge is 0.476 e. The van der Waals surface area contributed by atoms with Crippen LogP contribution in [0.5, 0.6) is 0 Å². The van der Waals surface area contributed by atoms with Gasteiger partial charge in [0, 0.05) is 0 Å². The van der Waals surface area contributed by atoms with E-state index in [1.54, 1.807) is 0 Å². The normalized spacial score (nSPS) is 17.5. The third kappa shape index (κ3) is 4.40. The first kappa shape index (κ1) is 17.2. The minimum atomic E-state index is -4.55. The van der Waals surface area contributed by atoms with Crippen LogP contribution in [0.1, 0.15) is 53.1 Å². The average molecular weight is 331 g/mol. The molecule has 0 spiro atoms. The Bertz CT molecular complexity index is 569. The molecule has 1 amide bonds. The van der Waals surface area contributed by atoms with Crippen LogP contribution in [0, 0.1) is 5.92 Å². The Morgan fingerprint density at radius 2 is 1.70 bits per heavy atom. The maximum atomic E-state index is 13.2. The number of carbonyl (C=O) groups excluding carboxylic acids is 1. The lowest BCUT2D eigenvalue weighted by molar-refractivity contribution is -0.167. The van der Waals surface area contributed by atoms with Gasteiger partial charge < -0.3 is 10.4 Å². The highest BCUT2D eigenvalue weighted by atomic mass is 19.4. The van der Waals surface area contributed by atoms with Gasteiger partial charge in [0.15, 0.2) is 5.69 Å². The van der Waals surface area contributed by atoms with Gasteiger partial charge in [0.05, 0.1) is 12.4 Å². The molecule has 126 valence electrons. The predicted molar refractivity (Wildman–Crippen MR) is 72.9 cm³/mol. The second kappa shape index (κ2) is 6.93. The number of halogens is 3. The molecule has 1 fully saturated rings. The average Bonchev–Trinajstić information content (AvgIpc) is 2.52. The number of rotatable bonds is 4. The van der Waals surface area contributed by atoms with E-state index in [1.165, 1.54) is 0 Å². The van der Waals surface area contributed by atoms with Gasteiger partial charge in [0.1, 0.15) is 11.7 Å². The Hall–Kier alpha value is -2.19. The van der Waals surface area contributed by atoms with Crippen molar-refractivity contribution in [2.45, 2.75) is 44.3 Å². The molecule has 6 nitrogen and oxygen atoms in total. The summed E-state index contributed by atoms with van der Waals surface area (Å²) in [5.41, 5.74) is -0.735. The van der Waals surface area contributed by atoms with E-state index in [1.807, 2.05) is 5.32 Å². The van der Waals surface area contributed by atoms with Crippen LogP contribution in [-0.4, -0.2) is 39.2 Å². The lowest BCUT2D eigenvalue weighted by atomic mass is 9.83. The number of nitrogens with zero attached hydrogens (tertiary/aromatic N) is 2. The van der Waals surface area contributed by atoms with Crippen LogP contribution in [-0.2, 0) is 0 Å². The fourth-order valence-electron chi connectivity index (χ4n) is 2.71. The molecule has 1 aromatic rings. The molecule has 1 saturated carbocycles. The lowest BCUT2D eigenvalue weighted by Crippen LogP contribution is -2.50. The van der Waals surface area contributed by atoms with Crippen LogP contribution >= 0.6 is 0 Å². The molecule has 1 aliphatic rings. The molecule has 1 unspecified atom stereocenters. The zero-order valence-electron chi connectivity index (χ0n) is 12.1. The van der Waals surface area contributed by atoms with E-state index in [9.17, 15) is 22.8 Å². The third-order valence-electron chi connectivity index (χ3n) is 3.86. The summed E-state index contributed by atoms with van der Waals surface area (Å²) < 4.78 is 39.7. The maximum Gasteiger partial charge on any atom is 0.408 e. The topological polar surface area (TPSA) is 92.2 Å². The number of hydrogen-bond acceptors (Lipinski definition) is 4. The first-order chi connectivity index (χ1) is 10.8. The van der Waals surface area contributed by atoms with Crippen molar-refractivity contribution in [3.63, 3.8) is 0 Å². The van der Waals surface area contributed by atoms with E-state index in [2.05, 4.69) is 9.97 Å². The second-order valence-electron chi connectivity index (χ2n) is 5.48. The van der Waals surface area contributed by atoms with Crippen molar-refractivity contribution in [3.8, 4) is 0 Å². The van der Waals surface area contributed by atoms with Crippen molar-refractivity contribution in [2.24, 2.45) is 5.92 Å². The van der Waals surface area contributed by atoms with Crippen LogP contribution < -0.4 is 5.32 Å². The Kier molecular flexibility index (Phi) is 5.17. The molecule has 2 rings (SSSR count). The van der Waals surface area contributed by atoms with Crippen LogP contribution in [0.2, 0.25) is 0 Å². The van der Waals surface area contributed by atoms with E-state index in [0.29, 0.717) is 25.7 Å². The fourth-order valence-corrected chi connectivity index (χ4v) is 2.71. The monoisotopic (exact) mass is 331 g/mol. The molecule has 23 heavy (non-hydrogen) atoms. The number of aromatic nitrogens is 2. The van der Waals surface area contributed by atoms with Gasteiger partial charge in [-0.3, -0.25) is 4.79 Å². The highest BCUT2D eigenvalue weighted by molar-refractivity contribution is 5.93. The van der Waals surface area contributed by atoms with Gasteiger partial charge in [-0.25, -0.2) is 14.8 Å². The summed E-state index contributed by atoms with van der Waals surface area (Å²) in [4.78, 5) is 29.6. The molecule has 0 bridgehead atoms.